The minimum absolute atomic E-state index is 0.208. The number of rotatable bonds is 3. The number of hydrogen-bond acceptors (Lipinski definition) is 7. The second-order valence-corrected chi connectivity index (χ2v) is 4.86. The fourth-order valence-corrected chi connectivity index (χ4v) is 2.30. The summed E-state index contributed by atoms with van der Waals surface area (Å²) in [5, 5.41) is 23.5. The number of fused-ring (bicyclic) bond motifs is 1. The second-order valence-electron chi connectivity index (χ2n) is 4.86. The van der Waals surface area contributed by atoms with Gasteiger partial charge in [0, 0.05) is 30.6 Å². The SMILES string of the molecule is N=C=NC1Nc2cc(-n3ccc(=O)cc3)c([N+](=O)[O-])cc2NC1=O. The van der Waals surface area contributed by atoms with E-state index in [1.807, 2.05) is 0 Å². The highest BCUT2D eigenvalue weighted by Crippen LogP contribution is 2.35. The van der Waals surface area contributed by atoms with Crippen molar-refractivity contribution in [1.82, 2.24) is 4.57 Å². The summed E-state index contributed by atoms with van der Waals surface area (Å²) in [5.74, 6) is -0.548. The highest BCUT2D eigenvalue weighted by atomic mass is 16.6. The van der Waals surface area contributed by atoms with Crippen LogP contribution >= 0.6 is 0 Å². The van der Waals surface area contributed by atoms with Gasteiger partial charge in [-0.1, -0.05) is 0 Å². The molecule has 1 amide bonds. The van der Waals surface area contributed by atoms with Crippen molar-refractivity contribution in [2.75, 3.05) is 10.6 Å². The Kier molecular flexibility index (Phi) is 3.64. The van der Waals surface area contributed by atoms with Crippen LogP contribution in [0.1, 0.15) is 0 Å². The normalized spacial score (nSPS) is 15.5. The van der Waals surface area contributed by atoms with Crippen LogP contribution in [0.4, 0.5) is 17.1 Å². The molecule has 3 rings (SSSR count). The monoisotopic (exact) mass is 326 g/mol. The fraction of sp³-hybridized carbons (Fsp3) is 0.0714. The van der Waals surface area contributed by atoms with E-state index in [-0.39, 0.29) is 22.5 Å². The van der Waals surface area contributed by atoms with E-state index >= 15 is 0 Å². The summed E-state index contributed by atoms with van der Waals surface area (Å²) < 4.78 is 1.42. The van der Waals surface area contributed by atoms with Crippen molar-refractivity contribution in [3.05, 3.63) is 57.0 Å². The quantitative estimate of drug-likeness (QED) is 0.441. The van der Waals surface area contributed by atoms with Crippen molar-refractivity contribution in [1.29, 1.82) is 5.41 Å². The smallest absolute Gasteiger partial charge is 0.295 e. The number of carbonyl (C=O) groups excluding carboxylic acids is 1. The third kappa shape index (κ3) is 2.64. The molecule has 1 aliphatic heterocycles. The van der Waals surface area contributed by atoms with Crippen LogP contribution in [0.15, 0.2) is 46.4 Å². The molecule has 2 heterocycles. The Morgan fingerprint density at radius 1 is 1.25 bits per heavy atom. The number of nitrogens with one attached hydrogen (secondary N) is 3. The topological polar surface area (TPSA) is 142 Å². The van der Waals surface area contributed by atoms with Gasteiger partial charge in [-0.2, -0.15) is 4.99 Å². The number of anilines is 2. The molecule has 0 aliphatic carbocycles. The van der Waals surface area contributed by atoms with Crippen LogP contribution in [0.25, 0.3) is 5.69 Å². The Bertz CT molecular complexity index is 940. The number of nitro benzene ring substituents is 1. The molecule has 3 N–H and O–H groups in total. The summed E-state index contributed by atoms with van der Waals surface area (Å²) in [6, 6.07) is 7.02. The molecule has 120 valence electrons. The van der Waals surface area contributed by atoms with Crippen molar-refractivity contribution >= 4 is 29.0 Å². The van der Waals surface area contributed by atoms with Crippen molar-refractivity contribution in [3.63, 3.8) is 0 Å². The Hall–Kier alpha value is -3.78. The lowest BCUT2D eigenvalue weighted by molar-refractivity contribution is -0.384. The van der Waals surface area contributed by atoms with Crippen LogP contribution in [0.2, 0.25) is 0 Å². The fourth-order valence-electron chi connectivity index (χ4n) is 2.30. The number of nitrogens with zero attached hydrogens (tertiary/aromatic N) is 3. The average Bonchev–Trinajstić information content (AvgIpc) is 2.55. The van der Waals surface area contributed by atoms with Crippen LogP contribution in [-0.4, -0.2) is 27.6 Å². The number of hydrogen-bond donors (Lipinski definition) is 3. The maximum atomic E-state index is 11.8. The van der Waals surface area contributed by atoms with Crippen LogP contribution < -0.4 is 16.1 Å². The molecule has 0 saturated heterocycles. The molecule has 0 radical (unpaired) electrons. The van der Waals surface area contributed by atoms with E-state index in [0.29, 0.717) is 5.69 Å². The number of pyridine rings is 1. The molecule has 10 heteroatoms. The summed E-state index contributed by atoms with van der Waals surface area (Å²) in [7, 11) is 0. The van der Waals surface area contributed by atoms with Gasteiger partial charge in [-0.25, -0.2) is 5.41 Å². The van der Waals surface area contributed by atoms with Gasteiger partial charge in [0.1, 0.15) is 5.69 Å². The summed E-state index contributed by atoms with van der Waals surface area (Å²) in [6.45, 7) is 0. The molecule has 0 spiro atoms. The molecule has 0 fully saturated rings. The van der Waals surface area contributed by atoms with Gasteiger partial charge in [0.25, 0.3) is 11.6 Å². The summed E-state index contributed by atoms with van der Waals surface area (Å²) in [5.41, 5.74) is 0.372. The van der Waals surface area contributed by atoms with Crippen molar-refractivity contribution in [2.24, 2.45) is 4.99 Å². The molecule has 0 bridgehead atoms. The lowest BCUT2D eigenvalue weighted by Crippen LogP contribution is -2.37. The first kappa shape index (κ1) is 15.1. The van der Waals surface area contributed by atoms with Gasteiger partial charge in [0.15, 0.2) is 5.43 Å². The van der Waals surface area contributed by atoms with E-state index in [1.165, 1.54) is 41.2 Å². The van der Waals surface area contributed by atoms with Gasteiger partial charge < -0.3 is 15.2 Å². The van der Waals surface area contributed by atoms with E-state index < -0.39 is 17.0 Å². The van der Waals surface area contributed by atoms with Crippen LogP contribution in [0.5, 0.6) is 0 Å². The first-order valence-electron chi connectivity index (χ1n) is 6.69. The largest absolute Gasteiger partial charge is 0.354 e. The van der Waals surface area contributed by atoms with Gasteiger partial charge in [0.2, 0.25) is 6.17 Å². The average molecular weight is 326 g/mol. The number of carbonyl (C=O) groups is 1. The van der Waals surface area contributed by atoms with Crippen molar-refractivity contribution in [3.8, 4) is 5.69 Å². The predicted molar refractivity (Wildman–Crippen MR) is 84.9 cm³/mol. The van der Waals surface area contributed by atoms with Gasteiger partial charge >= 0.3 is 0 Å². The minimum Gasteiger partial charge on any atom is -0.354 e. The van der Waals surface area contributed by atoms with Crippen molar-refractivity contribution < 1.29 is 9.72 Å². The molecule has 24 heavy (non-hydrogen) atoms. The molecule has 0 saturated carbocycles. The molecule has 1 atom stereocenters. The molecule has 1 aromatic heterocycles. The third-order valence-electron chi connectivity index (χ3n) is 3.38. The van der Waals surface area contributed by atoms with E-state index in [9.17, 15) is 19.7 Å². The highest BCUT2D eigenvalue weighted by Gasteiger charge is 2.28. The van der Waals surface area contributed by atoms with E-state index in [0.717, 1.165) is 0 Å². The number of benzene rings is 1. The van der Waals surface area contributed by atoms with Gasteiger partial charge in [0.05, 0.1) is 22.3 Å². The number of amides is 1. The zero-order valence-electron chi connectivity index (χ0n) is 12.0. The Morgan fingerprint density at radius 2 is 1.96 bits per heavy atom. The highest BCUT2D eigenvalue weighted by molar-refractivity contribution is 6.04. The zero-order valence-corrected chi connectivity index (χ0v) is 12.0. The summed E-state index contributed by atoms with van der Waals surface area (Å²) in [4.78, 5) is 37.3. The summed E-state index contributed by atoms with van der Waals surface area (Å²) in [6.07, 6.45) is 1.77. The number of nitro groups is 1. The first-order valence-corrected chi connectivity index (χ1v) is 6.69. The van der Waals surface area contributed by atoms with Crippen LogP contribution in [0.3, 0.4) is 0 Å². The van der Waals surface area contributed by atoms with E-state index in [4.69, 9.17) is 5.41 Å². The summed E-state index contributed by atoms with van der Waals surface area (Å²) >= 11 is 0. The molecule has 2 aromatic rings. The Labute approximate surface area is 134 Å². The third-order valence-corrected chi connectivity index (χ3v) is 3.38. The van der Waals surface area contributed by atoms with Crippen LogP contribution in [-0.2, 0) is 4.79 Å². The molecular weight excluding hydrogens is 316 g/mol. The maximum absolute atomic E-state index is 11.8. The predicted octanol–water partition coefficient (Wildman–Crippen LogP) is 1.19. The standard InChI is InChI=1S/C14H10N6O4/c15-7-16-13-14(22)18-10-6-12(20(23)24)11(5-9(10)17-13)19-3-1-8(21)2-4-19/h1-6,13,15,17H,(H,18,22). The Morgan fingerprint density at radius 3 is 2.58 bits per heavy atom. The molecule has 1 unspecified atom stereocenters. The lowest BCUT2D eigenvalue weighted by Gasteiger charge is -2.24. The van der Waals surface area contributed by atoms with Gasteiger partial charge in [-0.15, -0.1) is 0 Å². The molecule has 1 aliphatic rings. The molecular formula is C14H10N6O4. The molecule has 1 aromatic carbocycles. The Balaban J connectivity index is 2.16. The minimum atomic E-state index is -1.04. The van der Waals surface area contributed by atoms with E-state index in [2.05, 4.69) is 15.6 Å². The van der Waals surface area contributed by atoms with Gasteiger partial charge in [-0.3, -0.25) is 19.7 Å². The van der Waals surface area contributed by atoms with Gasteiger partial charge in [-0.05, 0) is 6.07 Å². The lowest BCUT2D eigenvalue weighted by atomic mass is 10.1. The second kappa shape index (κ2) is 5.78. The maximum Gasteiger partial charge on any atom is 0.295 e. The number of aromatic nitrogens is 1. The molecule has 10 nitrogen and oxygen atoms in total. The first-order chi connectivity index (χ1) is 11.5. The number of aliphatic imine (C=N–C) groups is 1. The zero-order chi connectivity index (χ0) is 17.3. The van der Waals surface area contributed by atoms with Crippen molar-refractivity contribution in [2.45, 2.75) is 6.17 Å². The van der Waals surface area contributed by atoms with Crippen LogP contribution in [0, 0.1) is 15.5 Å². The van der Waals surface area contributed by atoms with E-state index in [1.54, 1.807) is 6.01 Å².